The molecule has 0 spiro atoms. The molecular weight excluding hydrogens is 292 g/mol. The first kappa shape index (κ1) is 15.2. The second kappa shape index (κ2) is 6.60. The molecule has 2 heterocycles. The van der Waals surface area contributed by atoms with Crippen LogP contribution in [0, 0.1) is 0 Å². The Hall–Kier alpha value is -2.69. The van der Waals surface area contributed by atoms with Crippen molar-refractivity contribution in [2.75, 3.05) is 11.4 Å². The Labute approximate surface area is 134 Å². The molecule has 0 saturated carbocycles. The Balaban J connectivity index is 1.98. The predicted octanol–water partition coefficient (Wildman–Crippen LogP) is 3.15. The number of aromatic nitrogens is 1. The maximum Gasteiger partial charge on any atom is 0.335 e. The second-order valence-corrected chi connectivity index (χ2v) is 5.63. The number of hydrogen-bond donors (Lipinski definition) is 1. The summed E-state index contributed by atoms with van der Waals surface area (Å²) < 4.78 is 0. The summed E-state index contributed by atoms with van der Waals surface area (Å²) in [5, 5.41) is 9.09. The summed E-state index contributed by atoms with van der Waals surface area (Å²) in [4.78, 5) is 29.8. The van der Waals surface area contributed by atoms with Gasteiger partial charge in [0.05, 0.1) is 5.56 Å². The molecule has 0 saturated heterocycles. The van der Waals surface area contributed by atoms with Gasteiger partial charge in [-0.1, -0.05) is 24.6 Å². The van der Waals surface area contributed by atoms with Gasteiger partial charge in [-0.05, 0) is 43.0 Å². The minimum Gasteiger partial charge on any atom is -0.478 e. The summed E-state index contributed by atoms with van der Waals surface area (Å²) in [7, 11) is 0. The molecule has 0 aliphatic carbocycles. The Morgan fingerprint density at radius 2 is 1.91 bits per heavy atom. The van der Waals surface area contributed by atoms with Crippen LogP contribution in [-0.4, -0.2) is 28.5 Å². The number of fused-ring (bicyclic) bond motifs is 1. The average molecular weight is 310 g/mol. The molecule has 3 rings (SSSR count). The van der Waals surface area contributed by atoms with Crippen LogP contribution in [0.3, 0.4) is 0 Å². The summed E-state index contributed by atoms with van der Waals surface area (Å²) in [6.07, 6.45) is 5.43. The lowest BCUT2D eigenvalue weighted by Crippen LogP contribution is -2.34. The number of anilines is 1. The Morgan fingerprint density at radius 3 is 2.74 bits per heavy atom. The zero-order valence-corrected chi connectivity index (χ0v) is 12.7. The maximum absolute atomic E-state index is 12.9. The highest BCUT2D eigenvalue weighted by molar-refractivity contribution is 6.06. The first-order chi connectivity index (χ1) is 11.2. The van der Waals surface area contributed by atoms with Gasteiger partial charge in [0.25, 0.3) is 5.91 Å². The number of nitrogens with zero attached hydrogens (tertiary/aromatic N) is 2. The highest BCUT2D eigenvalue weighted by Gasteiger charge is 2.23. The molecule has 5 nitrogen and oxygen atoms in total. The molecule has 0 bridgehead atoms. The largest absolute Gasteiger partial charge is 0.478 e. The number of pyridine rings is 1. The first-order valence-corrected chi connectivity index (χ1v) is 7.76. The van der Waals surface area contributed by atoms with Gasteiger partial charge in [-0.2, -0.15) is 0 Å². The van der Waals surface area contributed by atoms with E-state index in [1.165, 1.54) is 18.3 Å². The van der Waals surface area contributed by atoms with Crippen molar-refractivity contribution < 1.29 is 14.7 Å². The predicted molar refractivity (Wildman–Crippen MR) is 86.9 cm³/mol. The van der Waals surface area contributed by atoms with Crippen LogP contribution in [0.4, 0.5) is 5.69 Å². The third-order valence-electron chi connectivity index (χ3n) is 4.08. The van der Waals surface area contributed by atoms with Crippen LogP contribution in [0.1, 0.15) is 45.7 Å². The number of amides is 1. The average Bonchev–Trinajstić information content (AvgIpc) is 2.55. The van der Waals surface area contributed by atoms with E-state index in [-0.39, 0.29) is 17.2 Å². The number of carbonyl (C=O) groups excluding carboxylic acids is 1. The fraction of sp³-hybridized carbons (Fsp3) is 0.278. The van der Waals surface area contributed by atoms with Crippen LogP contribution in [-0.2, 0) is 6.42 Å². The lowest BCUT2D eigenvalue weighted by atomic mass is 10.0. The lowest BCUT2D eigenvalue weighted by molar-refractivity contribution is 0.0696. The minimum atomic E-state index is -1.06. The second-order valence-electron chi connectivity index (χ2n) is 5.63. The van der Waals surface area contributed by atoms with Gasteiger partial charge in [0.15, 0.2) is 0 Å². The number of hydrogen-bond acceptors (Lipinski definition) is 3. The molecule has 0 fully saturated rings. The van der Waals surface area contributed by atoms with E-state index in [2.05, 4.69) is 4.98 Å². The molecular formula is C18H18N2O3. The van der Waals surface area contributed by atoms with E-state index < -0.39 is 5.97 Å². The van der Waals surface area contributed by atoms with Gasteiger partial charge >= 0.3 is 5.97 Å². The Morgan fingerprint density at radius 1 is 1.09 bits per heavy atom. The lowest BCUT2D eigenvalue weighted by Gasteiger charge is -2.27. The van der Waals surface area contributed by atoms with E-state index in [0.717, 1.165) is 36.9 Å². The van der Waals surface area contributed by atoms with Crippen molar-refractivity contribution in [2.24, 2.45) is 0 Å². The van der Waals surface area contributed by atoms with Crippen molar-refractivity contribution in [1.82, 2.24) is 4.98 Å². The number of aromatic carboxylic acids is 1. The maximum atomic E-state index is 12.9. The summed E-state index contributed by atoms with van der Waals surface area (Å²) >= 11 is 0. The van der Waals surface area contributed by atoms with Crippen LogP contribution < -0.4 is 4.90 Å². The molecule has 118 valence electrons. The van der Waals surface area contributed by atoms with Crippen LogP contribution in [0.15, 0.2) is 42.6 Å². The standard InChI is InChI=1S/C18H18N2O3/c21-17(15-12-14(18(22)23)9-10-19-15)20-11-5-1-2-6-13-7-3-4-8-16(13)20/h3-4,7-10,12H,1-2,5-6,11H2,(H,22,23). The molecule has 1 aliphatic rings. The summed E-state index contributed by atoms with van der Waals surface area (Å²) in [5.41, 5.74) is 2.29. The smallest absolute Gasteiger partial charge is 0.335 e. The quantitative estimate of drug-likeness (QED) is 0.925. The summed E-state index contributed by atoms with van der Waals surface area (Å²) in [6, 6.07) is 10.6. The van der Waals surface area contributed by atoms with E-state index in [1.54, 1.807) is 4.90 Å². The van der Waals surface area contributed by atoms with Crippen LogP contribution in [0.25, 0.3) is 0 Å². The molecule has 1 aromatic carbocycles. The number of carbonyl (C=O) groups is 2. The number of para-hydroxylation sites is 1. The highest BCUT2D eigenvalue weighted by atomic mass is 16.4. The Kier molecular flexibility index (Phi) is 4.37. The van der Waals surface area contributed by atoms with Gasteiger partial charge in [-0.3, -0.25) is 9.78 Å². The van der Waals surface area contributed by atoms with Crippen molar-refractivity contribution in [3.05, 3.63) is 59.4 Å². The van der Waals surface area contributed by atoms with E-state index in [0.29, 0.717) is 6.54 Å². The SMILES string of the molecule is O=C(O)c1ccnc(C(=O)N2CCCCCc3ccccc32)c1. The molecule has 5 heteroatoms. The monoisotopic (exact) mass is 310 g/mol. The van der Waals surface area contributed by atoms with Gasteiger partial charge < -0.3 is 10.0 Å². The molecule has 1 amide bonds. The van der Waals surface area contributed by atoms with Gasteiger partial charge in [-0.15, -0.1) is 0 Å². The highest BCUT2D eigenvalue weighted by Crippen LogP contribution is 2.26. The molecule has 0 atom stereocenters. The zero-order chi connectivity index (χ0) is 16.2. The number of carboxylic acid groups (broad SMARTS) is 1. The van der Waals surface area contributed by atoms with E-state index in [9.17, 15) is 9.59 Å². The van der Waals surface area contributed by atoms with Crippen molar-refractivity contribution in [1.29, 1.82) is 0 Å². The van der Waals surface area contributed by atoms with Gasteiger partial charge in [-0.25, -0.2) is 4.79 Å². The van der Waals surface area contributed by atoms with Gasteiger partial charge in [0, 0.05) is 18.4 Å². The zero-order valence-electron chi connectivity index (χ0n) is 12.7. The molecule has 0 radical (unpaired) electrons. The molecule has 0 unspecified atom stereocenters. The fourth-order valence-electron chi connectivity index (χ4n) is 2.90. The molecule has 2 aromatic rings. The molecule has 1 aromatic heterocycles. The van der Waals surface area contributed by atoms with Crippen LogP contribution in [0.5, 0.6) is 0 Å². The summed E-state index contributed by atoms with van der Waals surface area (Å²) in [6.45, 7) is 0.620. The van der Waals surface area contributed by atoms with E-state index in [4.69, 9.17) is 5.11 Å². The van der Waals surface area contributed by atoms with Crippen LogP contribution in [0.2, 0.25) is 0 Å². The number of aryl methyl sites for hydroxylation is 1. The minimum absolute atomic E-state index is 0.0729. The first-order valence-electron chi connectivity index (χ1n) is 7.76. The van der Waals surface area contributed by atoms with Gasteiger partial charge in [0.1, 0.15) is 5.69 Å². The fourth-order valence-corrected chi connectivity index (χ4v) is 2.90. The number of rotatable bonds is 2. The van der Waals surface area contributed by atoms with Gasteiger partial charge in [0.2, 0.25) is 0 Å². The van der Waals surface area contributed by atoms with Crippen molar-refractivity contribution in [3.63, 3.8) is 0 Å². The van der Waals surface area contributed by atoms with E-state index in [1.807, 2.05) is 24.3 Å². The third kappa shape index (κ3) is 3.23. The normalized spacial score (nSPS) is 14.5. The third-order valence-corrected chi connectivity index (χ3v) is 4.08. The number of benzene rings is 1. The summed E-state index contributed by atoms with van der Waals surface area (Å²) in [5.74, 6) is -1.31. The number of carboxylic acids is 1. The molecule has 1 N–H and O–H groups in total. The van der Waals surface area contributed by atoms with Crippen molar-refractivity contribution in [3.8, 4) is 0 Å². The molecule has 23 heavy (non-hydrogen) atoms. The van der Waals surface area contributed by atoms with Crippen molar-refractivity contribution >= 4 is 17.6 Å². The van der Waals surface area contributed by atoms with Crippen LogP contribution >= 0.6 is 0 Å². The molecule has 1 aliphatic heterocycles. The van der Waals surface area contributed by atoms with E-state index >= 15 is 0 Å². The Bertz CT molecular complexity index is 743. The topological polar surface area (TPSA) is 70.5 Å². The van der Waals surface area contributed by atoms with Crippen molar-refractivity contribution in [2.45, 2.75) is 25.7 Å².